The smallest absolute Gasteiger partial charge is 0.134 e. The van der Waals surface area contributed by atoms with Gasteiger partial charge in [-0.15, -0.1) is 0 Å². The Morgan fingerprint density at radius 2 is 2.27 bits per heavy atom. The average molecular weight is 232 g/mol. The zero-order chi connectivity index (χ0) is 11.3. The monoisotopic (exact) mass is 231 g/mol. The maximum Gasteiger partial charge on any atom is 0.134 e. The third-order valence-electron chi connectivity index (χ3n) is 1.97. The SMILES string of the molecule is CCN(CC(O)CO)c1cc(Cl)ncn1. The number of halogens is 1. The molecule has 0 aliphatic rings. The Morgan fingerprint density at radius 1 is 1.53 bits per heavy atom. The van der Waals surface area contributed by atoms with Gasteiger partial charge in [0, 0.05) is 19.2 Å². The van der Waals surface area contributed by atoms with Crippen LogP contribution in [0.15, 0.2) is 12.4 Å². The van der Waals surface area contributed by atoms with Gasteiger partial charge < -0.3 is 15.1 Å². The second kappa shape index (κ2) is 5.85. The summed E-state index contributed by atoms with van der Waals surface area (Å²) in [5.41, 5.74) is 0. The number of nitrogens with zero attached hydrogens (tertiary/aromatic N) is 3. The van der Waals surface area contributed by atoms with E-state index in [1.54, 1.807) is 6.07 Å². The highest BCUT2D eigenvalue weighted by Crippen LogP contribution is 2.13. The Balaban J connectivity index is 2.73. The molecule has 0 spiro atoms. The Labute approximate surface area is 93.3 Å². The van der Waals surface area contributed by atoms with Crippen LogP contribution >= 0.6 is 11.6 Å². The highest BCUT2D eigenvalue weighted by molar-refractivity contribution is 6.29. The first-order valence-corrected chi connectivity index (χ1v) is 5.06. The number of anilines is 1. The third kappa shape index (κ3) is 3.62. The lowest BCUT2D eigenvalue weighted by Crippen LogP contribution is -2.34. The van der Waals surface area contributed by atoms with Crippen molar-refractivity contribution in [1.29, 1.82) is 0 Å². The summed E-state index contributed by atoms with van der Waals surface area (Å²) in [5.74, 6) is 0.644. The van der Waals surface area contributed by atoms with Crippen LogP contribution in [0.3, 0.4) is 0 Å². The van der Waals surface area contributed by atoms with Crippen molar-refractivity contribution in [1.82, 2.24) is 9.97 Å². The van der Waals surface area contributed by atoms with E-state index in [4.69, 9.17) is 16.7 Å². The number of aromatic nitrogens is 2. The zero-order valence-corrected chi connectivity index (χ0v) is 9.22. The largest absolute Gasteiger partial charge is 0.394 e. The van der Waals surface area contributed by atoms with Gasteiger partial charge in [-0.25, -0.2) is 9.97 Å². The topological polar surface area (TPSA) is 69.5 Å². The molecular formula is C9H14ClN3O2. The van der Waals surface area contributed by atoms with Crippen LogP contribution in [0.25, 0.3) is 0 Å². The van der Waals surface area contributed by atoms with Gasteiger partial charge >= 0.3 is 0 Å². The molecule has 0 saturated heterocycles. The van der Waals surface area contributed by atoms with Crippen molar-refractivity contribution >= 4 is 17.4 Å². The fourth-order valence-electron chi connectivity index (χ4n) is 1.19. The van der Waals surface area contributed by atoms with Crippen LogP contribution < -0.4 is 4.90 Å². The molecule has 0 amide bonds. The van der Waals surface area contributed by atoms with Crippen LogP contribution in [-0.2, 0) is 0 Å². The second-order valence-corrected chi connectivity index (χ2v) is 3.46. The van der Waals surface area contributed by atoms with Crippen LogP contribution in [0.1, 0.15) is 6.92 Å². The molecule has 0 aliphatic carbocycles. The van der Waals surface area contributed by atoms with Crippen LogP contribution in [0.2, 0.25) is 5.15 Å². The van der Waals surface area contributed by atoms with Gasteiger partial charge in [-0.3, -0.25) is 0 Å². The summed E-state index contributed by atoms with van der Waals surface area (Å²) < 4.78 is 0. The molecule has 6 heteroatoms. The minimum Gasteiger partial charge on any atom is -0.394 e. The van der Waals surface area contributed by atoms with Crippen LogP contribution in [0.4, 0.5) is 5.82 Å². The molecule has 0 bridgehead atoms. The summed E-state index contributed by atoms with van der Waals surface area (Å²) in [6, 6.07) is 1.62. The fourth-order valence-corrected chi connectivity index (χ4v) is 1.34. The predicted octanol–water partition coefficient (Wildman–Crippen LogP) is 0.309. The van der Waals surface area contributed by atoms with Crippen molar-refractivity contribution in [2.45, 2.75) is 13.0 Å². The van der Waals surface area contributed by atoms with E-state index in [0.29, 0.717) is 24.1 Å². The normalized spacial score (nSPS) is 12.5. The van der Waals surface area contributed by atoms with Gasteiger partial charge in [0.05, 0.1) is 12.7 Å². The van der Waals surface area contributed by atoms with Crippen LogP contribution in [0, 0.1) is 0 Å². The van der Waals surface area contributed by atoms with E-state index < -0.39 is 6.10 Å². The molecule has 0 saturated carbocycles. The molecular weight excluding hydrogens is 218 g/mol. The molecule has 1 rings (SSSR count). The van der Waals surface area contributed by atoms with E-state index in [1.807, 2.05) is 11.8 Å². The van der Waals surface area contributed by atoms with E-state index in [-0.39, 0.29) is 6.61 Å². The Bertz CT molecular complexity index is 311. The summed E-state index contributed by atoms with van der Waals surface area (Å²) in [6.45, 7) is 2.65. The molecule has 1 unspecified atom stereocenters. The molecule has 15 heavy (non-hydrogen) atoms. The van der Waals surface area contributed by atoms with E-state index in [1.165, 1.54) is 6.33 Å². The lowest BCUT2D eigenvalue weighted by Gasteiger charge is -2.23. The molecule has 0 fully saturated rings. The molecule has 0 radical (unpaired) electrons. The summed E-state index contributed by atoms with van der Waals surface area (Å²) in [5, 5.41) is 18.4. The van der Waals surface area contributed by atoms with E-state index >= 15 is 0 Å². The number of rotatable bonds is 5. The van der Waals surface area contributed by atoms with Crippen molar-refractivity contribution in [2.24, 2.45) is 0 Å². The van der Waals surface area contributed by atoms with Crippen molar-refractivity contribution in [3.63, 3.8) is 0 Å². The maximum absolute atomic E-state index is 9.32. The molecule has 2 N–H and O–H groups in total. The first-order chi connectivity index (χ1) is 7.17. The van der Waals surface area contributed by atoms with Crippen LogP contribution in [0.5, 0.6) is 0 Å². The Morgan fingerprint density at radius 3 is 2.80 bits per heavy atom. The van der Waals surface area contributed by atoms with Gasteiger partial charge in [0.2, 0.25) is 0 Å². The Hall–Kier alpha value is -0.910. The molecule has 1 aromatic heterocycles. The standard InChI is InChI=1S/C9H14ClN3O2/c1-2-13(4-7(15)5-14)9-3-8(10)11-6-12-9/h3,6-7,14-15H,2,4-5H2,1H3. The number of hydrogen-bond acceptors (Lipinski definition) is 5. The number of hydrogen-bond donors (Lipinski definition) is 2. The number of aliphatic hydroxyl groups excluding tert-OH is 2. The lowest BCUT2D eigenvalue weighted by molar-refractivity contribution is 0.0999. The summed E-state index contributed by atoms with van der Waals surface area (Å²) in [7, 11) is 0. The Kier molecular flexibility index (Phi) is 4.74. The van der Waals surface area contributed by atoms with Gasteiger partial charge in [0.1, 0.15) is 17.3 Å². The van der Waals surface area contributed by atoms with E-state index in [0.717, 1.165) is 0 Å². The molecule has 1 atom stereocenters. The predicted molar refractivity (Wildman–Crippen MR) is 58.0 cm³/mol. The molecule has 0 aromatic carbocycles. The highest BCUT2D eigenvalue weighted by Gasteiger charge is 2.11. The summed E-state index contributed by atoms with van der Waals surface area (Å²) >= 11 is 5.73. The maximum atomic E-state index is 9.32. The molecule has 84 valence electrons. The lowest BCUT2D eigenvalue weighted by atomic mass is 10.3. The zero-order valence-electron chi connectivity index (χ0n) is 8.47. The van der Waals surface area contributed by atoms with Crippen molar-refractivity contribution < 1.29 is 10.2 Å². The van der Waals surface area contributed by atoms with E-state index in [9.17, 15) is 5.11 Å². The van der Waals surface area contributed by atoms with Crippen molar-refractivity contribution in [3.05, 3.63) is 17.5 Å². The summed E-state index contributed by atoms with van der Waals surface area (Å²) in [6.07, 6.45) is 0.588. The first-order valence-electron chi connectivity index (χ1n) is 4.68. The number of aliphatic hydroxyl groups is 2. The average Bonchev–Trinajstić information content (AvgIpc) is 2.25. The van der Waals surface area contributed by atoms with Crippen molar-refractivity contribution in [3.8, 4) is 0 Å². The van der Waals surface area contributed by atoms with Gasteiger partial charge in [-0.2, -0.15) is 0 Å². The first kappa shape index (κ1) is 12.2. The molecule has 5 nitrogen and oxygen atoms in total. The highest BCUT2D eigenvalue weighted by atomic mass is 35.5. The minimum absolute atomic E-state index is 0.269. The fraction of sp³-hybridized carbons (Fsp3) is 0.556. The summed E-state index contributed by atoms with van der Waals surface area (Å²) in [4.78, 5) is 9.62. The molecule has 1 aromatic rings. The van der Waals surface area contributed by atoms with Crippen molar-refractivity contribution in [2.75, 3.05) is 24.6 Å². The van der Waals surface area contributed by atoms with Gasteiger partial charge in [-0.05, 0) is 6.92 Å². The molecule has 1 heterocycles. The third-order valence-corrected chi connectivity index (χ3v) is 2.17. The quantitative estimate of drug-likeness (QED) is 0.714. The minimum atomic E-state index is -0.779. The van der Waals surface area contributed by atoms with Gasteiger partial charge in [0.25, 0.3) is 0 Å². The second-order valence-electron chi connectivity index (χ2n) is 3.07. The van der Waals surface area contributed by atoms with Crippen LogP contribution in [-0.4, -0.2) is 46.0 Å². The molecule has 0 aliphatic heterocycles. The van der Waals surface area contributed by atoms with Gasteiger partial charge in [0.15, 0.2) is 0 Å². The van der Waals surface area contributed by atoms with Gasteiger partial charge in [-0.1, -0.05) is 11.6 Å². The number of likely N-dealkylation sites (N-methyl/N-ethyl adjacent to an activating group) is 1. The van der Waals surface area contributed by atoms with E-state index in [2.05, 4.69) is 9.97 Å².